The fourth-order valence-electron chi connectivity index (χ4n) is 1.05. The van der Waals surface area contributed by atoms with E-state index in [1.165, 1.54) is 11.8 Å². The van der Waals surface area contributed by atoms with E-state index in [1.807, 2.05) is 12.1 Å². The van der Waals surface area contributed by atoms with Crippen LogP contribution < -0.4 is 5.43 Å². The molecule has 1 aromatic rings. The van der Waals surface area contributed by atoms with Crippen molar-refractivity contribution in [1.29, 1.82) is 0 Å². The summed E-state index contributed by atoms with van der Waals surface area (Å²) in [5, 5.41) is 5.04. The maximum absolute atomic E-state index is 10.8. The summed E-state index contributed by atoms with van der Waals surface area (Å²) in [6, 6.07) is 7.30. The first-order chi connectivity index (χ1) is 7.74. The minimum absolute atomic E-state index is 0.101. The number of nitrogens with one attached hydrogen (secondary N) is 1. The van der Waals surface area contributed by atoms with E-state index in [0.717, 1.165) is 5.56 Å². The maximum Gasteiger partial charge on any atom is 0.250 e. The first-order valence-corrected chi connectivity index (χ1v) is 5.89. The van der Waals surface area contributed by atoms with E-state index in [0.29, 0.717) is 15.9 Å². The lowest BCUT2D eigenvalue weighted by Gasteiger charge is -2.06. The summed E-state index contributed by atoms with van der Waals surface area (Å²) in [6.07, 6.45) is 1.68. The van der Waals surface area contributed by atoms with Gasteiger partial charge in [0.15, 0.2) is 0 Å². The van der Waals surface area contributed by atoms with Gasteiger partial charge in [-0.05, 0) is 17.7 Å². The molecule has 2 rings (SSSR count). The molecule has 4 nitrogen and oxygen atoms in total. The molecule has 1 heterocycles. The fourth-order valence-corrected chi connectivity index (χ4v) is 1.74. The highest BCUT2D eigenvalue weighted by Gasteiger charge is 2.10. The summed E-state index contributed by atoms with van der Waals surface area (Å²) in [5.41, 5.74) is 3.31. The van der Waals surface area contributed by atoms with Gasteiger partial charge in [-0.15, -0.1) is 5.10 Å². The van der Waals surface area contributed by atoms with Gasteiger partial charge in [-0.2, -0.15) is 0 Å². The second-order valence-electron chi connectivity index (χ2n) is 3.03. The van der Waals surface area contributed by atoms with Gasteiger partial charge in [-0.3, -0.25) is 4.79 Å². The third-order valence-corrected chi connectivity index (χ3v) is 2.92. The van der Waals surface area contributed by atoms with E-state index in [4.69, 9.17) is 11.6 Å². The number of amides is 1. The molecule has 0 saturated carbocycles. The Balaban J connectivity index is 2.04. The zero-order valence-corrected chi connectivity index (χ0v) is 9.76. The number of halogens is 1. The van der Waals surface area contributed by atoms with Gasteiger partial charge in [0.05, 0.1) is 5.75 Å². The molecule has 16 heavy (non-hydrogen) atoms. The SMILES string of the molecule is O=C1CSC(/N=C/c2ccc(Cl)cc2)=NN1. The first-order valence-electron chi connectivity index (χ1n) is 4.53. The Hall–Kier alpha value is -1.33. The van der Waals surface area contributed by atoms with E-state index in [1.54, 1.807) is 18.3 Å². The zero-order valence-electron chi connectivity index (χ0n) is 8.18. The van der Waals surface area contributed by atoms with Crippen LogP contribution in [0.25, 0.3) is 0 Å². The third kappa shape index (κ3) is 3.08. The van der Waals surface area contributed by atoms with E-state index in [-0.39, 0.29) is 5.91 Å². The van der Waals surface area contributed by atoms with Gasteiger partial charge in [0, 0.05) is 11.2 Å². The van der Waals surface area contributed by atoms with Crippen molar-refractivity contribution >= 4 is 40.7 Å². The van der Waals surface area contributed by atoms with Gasteiger partial charge < -0.3 is 0 Å². The van der Waals surface area contributed by atoms with Crippen molar-refractivity contribution < 1.29 is 4.79 Å². The number of hydrazone groups is 1. The topological polar surface area (TPSA) is 53.8 Å². The molecule has 0 aliphatic carbocycles. The van der Waals surface area contributed by atoms with Crippen molar-refractivity contribution in [3.05, 3.63) is 34.9 Å². The molecule has 1 aliphatic heterocycles. The normalized spacial score (nSPS) is 16.1. The number of hydrogen-bond donors (Lipinski definition) is 1. The zero-order chi connectivity index (χ0) is 11.4. The number of carbonyl (C=O) groups is 1. The van der Waals surface area contributed by atoms with Crippen molar-refractivity contribution in [3.63, 3.8) is 0 Å². The number of carbonyl (C=O) groups excluding carboxylic acids is 1. The summed E-state index contributed by atoms with van der Waals surface area (Å²) in [7, 11) is 0. The third-order valence-electron chi connectivity index (χ3n) is 1.80. The Bertz CT molecular complexity index is 456. The van der Waals surface area contributed by atoms with Crippen LogP contribution in [0.3, 0.4) is 0 Å². The Kier molecular flexibility index (Phi) is 3.58. The molecule has 82 valence electrons. The quantitative estimate of drug-likeness (QED) is 0.777. The van der Waals surface area contributed by atoms with Gasteiger partial charge in [-0.1, -0.05) is 35.5 Å². The highest BCUT2D eigenvalue weighted by Crippen LogP contribution is 2.10. The molecule has 0 spiro atoms. The minimum Gasteiger partial charge on any atom is -0.272 e. The molecule has 0 fully saturated rings. The number of hydrogen-bond acceptors (Lipinski definition) is 4. The van der Waals surface area contributed by atoms with Crippen molar-refractivity contribution in [2.24, 2.45) is 10.1 Å². The fraction of sp³-hybridized carbons (Fsp3) is 0.100. The van der Waals surface area contributed by atoms with Gasteiger partial charge in [0.1, 0.15) is 0 Å². The largest absolute Gasteiger partial charge is 0.272 e. The van der Waals surface area contributed by atoms with Gasteiger partial charge >= 0.3 is 0 Å². The molecule has 1 amide bonds. The summed E-state index contributed by atoms with van der Waals surface area (Å²) < 4.78 is 0. The predicted octanol–water partition coefficient (Wildman–Crippen LogP) is 1.89. The predicted molar refractivity (Wildman–Crippen MR) is 67.1 cm³/mol. The number of benzene rings is 1. The smallest absolute Gasteiger partial charge is 0.250 e. The standard InChI is InChI=1S/C10H8ClN3OS/c11-8-3-1-7(2-4-8)5-12-10-14-13-9(15)6-16-10/h1-5H,6H2,(H,13,15)/b12-5+. The van der Waals surface area contributed by atoms with Crippen LogP contribution in [0.4, 0.5) is 0 Å². The lowest BCUT2D eigenvalue weighted by molar-refractivity contribution is -0.118. The Morgan fingerprint density at radius 3 is 2.81 bits per heavy atom. The highest BCUT2D eigenvalue weighted by atomic mass is 35.5. The van der Waals surface area contributed by atoms with Crippen molar-refractivity contribution in [1.82, 2.24) is 5.43 Å². The molecular formula is C10H8ClN3OS. The molecule has 0 bridgehead atoms. The van der Waals surface area contributed by atoms with Crippen LogP contribution in [-0.2, 0) is 4.79 Å². The summed E-state index contributed by atoms with van der Waals surface area (Å²) in [5.74, 6) is 0.256. The minimum atomic E-state index is -0.101. The van der Waals surface area contributed by atoms with Crippen molar-refractivity contribution in [3.8, 4) is 0 Å². The Morgan fingerprint density at radius 1 is 1.44 bits per heavy atom. The van der Waals surface area contributed by atoms with Crippen LogP contribution in [0.15, 0.2) is 34.4 Å². The van der Waals surface area contributed by atoms with Crippen LogP contribution in [0.1, 0.15) is 5.56 Å². The number of nitrogens with zero attached hydrogens (tertiary/aromatic N) is 2. The molecule has 0 radical (unpaired) electrons. The number of rotatable bonds is 1. The van der Waals surface area contributed by atoms with Crippen LogP contribution in [-0.4, -0.2) is 23.0 Å². The van der Waals surface area contributed by atoms with Gasteiger partial charge in [-0.25, -0.2) is 10.4 Å². The average molecular weight is 254 g/mol. The number of thioether (sulfide) groups is 1. The molecular weight excluding hydrogens is 246 g/mol. The second-order valence-corrected chi connectivity index (χ2v) is 4.41. The second kappa shape index (κ2) is 5.14. The van der Waals surface area contributed by atoms with Gasteiger partial charge in [0.2, 0.25) is 5.17 Å². The molecule has 0 unspecified atom stereocenters. The van der Waals surface area contributed by atoms with E-state index in [9.17, 15) is 4.79 Å². The van der Waals surface area contributed by atoms with Crippen LogP contribution in [0.5, 0.6) is 0 Å². The lowest BCUT2D eigenvalue weighted by Crippen LogP contribution is -2.25. The lowest BCUT2D eigenvalue weighted by atomic mass is 10.2. The summed E-state index contributed by atoms with van der Waals surface area (Å²) in [4.78, 5) is 15.0. The summed E-state index contributed by atoms with van der Waals surface area (Å²) >= 11 is 7.06. The molecule has 0 saturated heterocycles. The first kappa shape index (κ1) is 11.2. The van der Waals surface area contributed by atoms with Gasteiger partial charge in [0.25, 0.3) is 5.91 Å². The highest BCUT2D eigenvalue weighted by molar-refractivity contribution is 8.14. The maximum atomic E-state index is 10.8. The van der Waals surface area contributed by atoms with Crippen molar-refractivity contribution in [2.45, 2.75) is 0 Å². The van der Waals surface area contributed by atoms with E-state index >= 15 is 0 Å². The molecule has 6 heteroatoms. The van der Waals surface area contributed by atoms with Crippen LogP contribution in [0, 0.1) is 0 Å². The van der Waals surface area contributed by atoms with E-state index < -0.39 is 0 Å². The molecule has 0 aromatic heterocycles. The molecule has 1 aromatic carbocycles. The Labute approximate surface area is 102 Å². The molecule has 1 N–H and O–H groups in total. The van der Waals surface area contributed by atoms with E-state index in [2.05, 4.69) is 15.5 Å². The average Bonchev–Trinajstić information content (AvgIpc) is 2.30. The molecule has 0 atom stereocenters. The monoisotopic (exact) mass is 253 g/mol. The number of aliphatic imine (C=N–C) groups is 1. The number of amidine groups is 1. The van der Waals surface area contributed by atoms with Crippen LogP contribution >= 0.6 is 23.4 Å². The Morgan fingerprint density at radius 2 is 2.19 bits per heavy atom. The summed E-state index contributed by atoms with van der Waals surface area (Å²) in [6.45, 7) is 0. The van der Waals surface area contributed by atoms with Crippen LogP contribution in [0.2, 0.25) is 5.02 Å². The molecule has 1 aliphatic rings. The van der Waals surface area contributed by atoms with Crippen molar-refractivity contribution in [2.75, 3.05) is 5.75 Å².